The number of hydrogen-bond acceptors (Lipinski definition) is 6. The number of rotatable bonds is 6. The summed E-state index contributed by atoms with van der Waals surface area (Å²) in [5.41, 5.74) is 1.46. The topological polar surface area (TPSA) is 86.2 Å². The Kier molecular flexibility index (Phi) is 7.18. The highest BCUT2D eigenvalue weighted by molar-refractivity contribution is 6.23. The molecule has 0 fully saturated rings. The van der Waals surface area contributed by atoms with Crippen LogP contribution in [-0.2, 0) is 25.7 Å². The smallest absolute Gasteiger partial charge is 0.413 e. The number of oxime groups is 1. The predicted molar refractivity (Wildman–Crippen MR) is 80.9 cm³/mol. The van der Waals surface area contributed by atoms with E-state index in [1.165, 1.54) is 26.7 Å². The van der Waals surface area contributed by atoms with Crippen LogP contribution >= 0.6 is 0 Å². The molecule has 0 bridgehead atoms. The average molecular weight is 306 g/mol. The molecule has 1 N–H and O–H groups in total. The zero-order valence-corrected chi connectivity index (χ0v) is 12.7. The first-order valence-electron chi connectivity index (χ1n) is 6.44. The van der Waals surface area contributed by atoms with E-state index in [1.54, 1.807) is 31.2 Å². The molecule has 1 aromatic rings. The number of benzene rings is 1. The Balaban J connectivity index is 3.08. The third-order valence-electron chi connectivity index (χ3n) is 2.59. The quantitative estimate of drug-likeness (QED) is 0.376. The number of carbonyl (C=O) groups is 2. The van der Waals surface area contributed by atoms with Gasteiger partial charge in [0.25, 0.3) is 5.91 Å². The van der Waals surface area contributed by atoms with E-state index in [0.29, 0.717) is 5.56 Å². The molecule has 0 aromatic heterocycles. The lowest BCUT2D eigenvalue weighted by atomic mass is 10.0. The Morgan fingerprint density at radius 1 is 1.27 bits per heavy atom. The van der Waals surface area contributed by atoms with Gasteiger partial charge in [-0.25, -0.2) is 4.79 Å². The molecule has 0 unspecified atom stereocenters. The van der Waals surface area contributed by atoms with Crippen LogP contribution < -0.4 is 5.32 Å². The Morgan fingerprint density at radius 3 is 2.64 bits per heavy atom. The van der Waals surface area contributed by atoms with Crippen molar-refractivity contribution in [1.82, 2.24) is 5.32 Å². The summed E-state index contributed by atoms with van der Waals surface area (Å²) in [6.07, 6.45) is 1.91. The lowest BCUT2D eigenvalue weighted by molar-refractivity contribution is -0.115. The molecule has 0 atom stereocenters. The number of ether oxygens (including phenoxy) is 2. The highest BCUT2D eigenvalue weighted by Gasteiger charge is 2.18. The zero-order valence-electron chi connectivity index (χ0n) is 12.7. The van der Waals surface area contributed by atoms with E-state index < -0.39 is 12.0 Å². The van der Waals surface area contributed by atoms with Crippen LogP contribution in [0, 0.1) is 0 Å². The molecule has 0 aliphatic rings. The molecule has 0 radical (unpaired) electrons. The number of imide groups is 1. The predicted octanol–water partition coefficient (Wildman–Crippen LogP) is 2.08. The van der Waals surface area contributed by atoms with Crippen LogP contribution in [0.3, 0.4) is 0 Å². The van der Waals surface area contributed by atoms with Gasteiger partial charge in [0.2, 0.25) is 0 Å². The fourth-order valence-electron chi connectivity index (χ4n) is 1.66. The minimum absolute atomic E-state index is 0.174. The van der Waals surface area contributed by atoms with Crippen molar-refractivity contribution in [2.75, 3.05) is 14.2 Å². The van der Waals surface area contributed by atoms with Crippen molar-refractivity contribution in [2.24, 2.45) is 5.16 Å². The third-order valence-corrected chi connectivity index (χ3v) is 2.59. The Labute approximate surface area is 128 Å². The SMILES string of the molecule is C/C=N\OCc1ccccc1/C(=C\OC)C(=O)NC(=O)OC. The summed E-state index contributed by atoms with van der Waals surface area (Å²) in [7, 11) is 2.58. The van der Waals surface area contributed by atoms with Gasteiger partial charge in [-0.1, -0.05) is 29.4 Å². The molecule has 1 aromatic carbocycles. The van der Waals surface area contributed by atoms with E-state index >= 15 is 0 Å². The van der Waals surface area contributed by atoms with Crippen molar-refractivity contribution in [2.45, 2.75) is 13.5 Å². The van der Waals surface area contributed by atoms with Gasteiger partial charge in [0.15, 0.2) is 0 Å². The van der Waals surface area contributed by atoms with E-state index in [2.05, 4.69) is 15.2 Å². The minimum atomic E-state index is -0.851. The zero-order chi connectivity index (χ0) is 16.4. The third kappa shape index (κ3) is 4.93. The van der Waals surface area contributed by atoms with Crippen LogP contribution in [0.1, 0.15) is 18.1 Å². The van der Waals surface area contributed by atoms with Crippen molar-refractivity contribution in [3.05, 3.63) is 41.7 Å². The number of methoxy groups -OCH3 is 2. The maximum absolute atomic E-state index is 12.2. The lowest BCUT2D eigenvalue weighted by Gasteiger charge is -2.11. The van der Waals surface area contributed by atoms with Crippen LogP contribution in [0.5, 0.6) is 0 Å². The summed E-state index contributed by atoms with van der Waals surface area (Å²) in [6, 6.07) is 7.07. The van der Waals surface area contributed by atoms with Crippen LogP contribution in [0.25, 0.3) is 5.57 Å². The summed E-state index contributed by atoms with van der Waals surface area (Å²) < 4.78 is 9.34. The molecule has 0 spiro atoms. The van der Waals surface area contributed by atoms with Crippen LogP contribution in [0.4, 0.5) is 4.79 Å². The van der Waals surface area contributed by atoms with Gasteiger partial charge in [-0.15, -0.1) is 0 Å². The van der Waals surface area contributed by atoms with Crippen LogP contribution in [0.2, 0.25) is 0 Å². The van der Waals surface area contributed by atoms with Gasteiger partial charge in [-0.05, 0) is 12.5 Å². The van der Waals surface area contributed by atoms with Gasteiger partial charge in [0.05, 0.1) is 26.1 Å². The highest BCUT2D eigenvalue weighted by atomic mass is 16.6. The monoisotopic (exact) mass is 306 g/mol. The molecule has 0 heterocycles. The first-order valence-corrected chi connectivity index (χ1v) is 6.44. The van der Waals surface area contributed by atoms with E-state index in [-0.39, 0.29) is 12.2 Å². The summed E-state index contributed by atoms with van der Waals surface area (Å²) in [4.78, 5) is 28.4. The standard InChI is InChI=1S/C15H18N2O5/c1-4-16-22-9-11-7-5-6-8-12(11)13(10-20-2)14(18)17-15(19)21-3/h4-8,10H,9H2,1-3H3,(H,17,18,19)/b13-10+,16-4-. The van der Waals surface area contributed by atoms with Crippen molar-refractivity contribution >= 4 is 23.8 Å². The lowest BCUT2D eigenvalue weighted by Crippen LogP contribution is -2.31. The molecule has 22 heavy (non-hydrogen) atoms. The molecular weight excluding hydrogens is 288 g/mol. The van der Waals surface area contributed by atoms with Gasteiger partial charge in [-0.2, -0.15) is 0 Å². The van der Waals surface area contributed by atoms with Crippen molar-refractivity contribution in [3.8, 4) is 0 Å². The van der Waals surface area contributed by atoms with E-state index in [9.17, 15) is 9.59 Å². The summed E-state index contributed by atoms with van der Waals surface area (Å²) in [5.74, 6) is -0.639. The van der Waals surface area contributed by atoms with E-state index in [1.807, 2.05) is 0 Å². The summed E-state index contributed by atoms with van der Waals surface area (Å²) in [5, 5.41) is 5.76. The molecule has 1 rings (SSSR count). The van der Waals surface area contributed by atoms with Crippen LogP contribution in [-0.4, -0.2) is 32.4 Å². The molecule has 0 aliphatic carbocycles. The highest BCUT2D eigenvalue weighted by Crippen LogP contribution is 2.21. The van der Waals surface area contributed by atoms with E-state index in [4.69, 9.17) is 9.57 Å². The number of carbonyl (C=O) groups excluding carboxylic acids is 2. The normalized spacial score (nSPS) is 11.1. The van der Waals surface area contributed by atoms with Crippen molar-refractivity contribution in [1.29, 1.82) is 0 Å². The first-order chi connectivity index (χ1) is 10.6. The second kappa shape index (κ2) is 9.17. The molecule has 0 aliphatic heterocycles. The van der Waals surface area contributed by atoms with Gasteiger partial charge >= 0.3 is 6.09 Å². The van der Waals surface area contributed by atoms with Gasteiger partial charge < -0.3 is 14.3 Å². The van der Waals surface area contributed by atoms with Crippen molar-refractivity contribution < 1.29 is 23.9 Å². The molecule has 7 heteroatoms. The van der Waals surface area contributed by atoms with Gasteiger partial charge in [0.1, 0.15) is 6.61 Å². The summed E-state index contributed by atoms with van der Waals surface area (Å²) in [6.45, 7) is 1.90. The number of nitrogens with one attached hydrogen (secondary N) is 1. The molecule has 0 saturated heterocycles. The summed E-state index contributed by atoms with van der Waals surface area (Å²) >= 11 is 0. The fraction of sp³-hybridized carbons (Fsp3) is 0.267. The number of nitrogens with zero attached hydrogens (tertiary/aromatic N) is 1. The van der Waals surface area contributed by atoms with Gasteiger partial charge in [0, 0.05) is 11.8 Å². The molecule has 7 nitrogen and oxygen atoms in total. The van der Waals surface area contributed by atoms with Gasteiger partial charge in [-0.3, -0.25) is 10.1 Å². The maximum atomic E-state index is 12.2. The largest absolute Gasteiger partial charge is 0.504 e. The number of alkyl carbamates (subject to hydrolysis) is 1. The Morgan fingerprint density at radius 2 is 2.00 bits per heavy atom. The Hall–Kier alpha value is -2.83. The second-order valence-corrected chi connectivity index (χ2v) is 4.01. The molecule has 2 amide bonds. The number of amides is 2. The van der Waals surface area contributed by atoms with Crippen LogP contribution in [0.15, 0.2) is 35.7 Å². The van der Waals surface area contributed by atoms with E-state index in [0.717, 1.165) is 5.56 Å². The Bertz CT molecular complexity index is 581. The molecular formula is C15H18N2O5. The maximum Gasteiger partial charge on any atom is 0.413 e. The molecule has 0 saturated carbocycles. The molecule has 118 valence electrons. The van der Waals surface area contributed by atoms with Crippen molar-refractivity contribution in [3.63, 3.8) is 0 Å². The average Bonchev–Trinajstić information content (AvgIpc) is 2.53. The number of hydrogen-bond donors (Lipinski definition) is 1. The first kappa shape index (κ1) is 17.2. The minimum Gasteiger partial charge on any atom is -0.504 e. The fourth-order valence-corrected chi connectivity index (χ4v) is 1.66. The second-order valence-electron chi connectivity index (χ2n) is 4.01.